The Morgan fingerprint density at radius 3 is 2.27 bits per heavy atom. The molecule has 0 spiro atoms. The summed E-state index contributed by atoms with van der Waals surface area (Å²) in [5, 5.41) is 11.9. The van der Waals surface area contributed by atoms with Crippen molar-refractivity contribution in [2.24, 2.45) is 5.92 Å². The van der Waals surface area contributed by atoms with Gasteiger partial charge in [-0.15, -0.1) is 0 Å². The van der Waals surface area contributed by atoms with Gasteiger partial charge in [0.1, 0.15) is 5.75 Å². The summed E-state index contributed by atoms with van der Waals surface area (Å²) in [6.45, 7) is 4.01. The van der Waals surface area contributed by atoms with Gasteiger partial charge in [0.2, 0.25) is 5.91 Å². The third-order valence-corrected chi connectivity index (χ3v) is 2.49. The van der Waals surface area contributed by atoms with Crippen molar-refractivity contribution in [2.45, 2.75) is 26.7 Å². The van der Waals surface area contributed by atoms with Crippen LogP contribution < -0.4 is 5.32 Å². The molecule has 0 unspecified atom stereocenters. The molecule has 2 N–H and O–H groups in total. The number of rotatable bonds is 4. The van der Waals surface area contributed by atoms with Crippen molar-refractivity contribution < 1.29 is 9.90 Å². The van der Waals surface area contributed by atoms with E-state index in [1.807, 2.05) is 13.8 Å². The smallest absolute Gasteiger partial charge is 0.227 e. The third-order valence-electron chi connectivity index (χ3n) is 2.49. The zero-order chi connectivity index (χ0) is 11.3. The van der Waals surface area contributed by atoms with Gasteiger partial charge in [-0.05, 0) is 37.1 Å². The lowest BCUT2D eigenvalue weighted by Gasteiger charge is -2.12. The predicted molar refractivity (Wildman–Crippen MR) is 60.8 cm³/mol. The van der Waals surface area contributed by atoms with Gasteiger partial charge in [0.15, 0.2) is 0 Å². The average molecular weight is 207 g/mol. The summed E-state index contributed by atoms with van der Waals surface area (Å²) in [6.07, 6.45) is 1.70. The quantitative estimate of drug-likeness (QED) is 0.746. The van der Waals surface area contributed by atoms with E-state index in [2.05, 4.69) is 5.32 Å². The number of hydrogen-bond donors (Lipinski definition) is 2. The zero-order valence-corrected chi connectivity index (χ0v) is 9.16. The second-order valence-electron chi connectivity index (χ2n) is 3.55. The molecule has 0 aliphatic heterocycles. The second kappa shape index (κ2) is 5.39. The van der Waals surface area contributed by atoms with E-state index in [0.29, 0.717) is 0 Å². The van der Waals surface area contributed by atoms with Crippen LogP contribution in [0.1, 0.15) is 26.7 Å². The predicted octanol–water partition coefficient (Wildman–Crippen LogP) is 2.77. The van der Waals surface area contributed by atoms with Crippen LogP contribution in [0.2, 0.25) is 0 Å². The molecule has 15 heavy (non-hydrogen) atoms. The van der Waals surface area contributed by atoms with Crippen molar-refractivity contribution >= 4 is 11.6 Å². The molecule has 0 heterocycles. The molecule has 82 valence electrons. The first-order valence-electron chi connectivity index (χ1n) is 5.27. The lowest BCUT2D eigenvalue weighted by Crippen LogP contribution is -2.21. The molecular formula is C12H17NO2. The summed E-state index contributed by atoms with van der Waals surface area (Å²) in [6, 6.07) is 6.50. The largest absolute Gasteiger partial charge is 0.508 e. The molecule has 0 aliphatic rings. The van der Waals surface area contributed by atoms with Gasteiger partial charge in [-0.3, -0.25) is 4.79 Å². The Morgan fingerprint density at radius 2 is 1.80 bits per heavy atom. The molecule has 0 fully saturated rings. The topological polar surface area (TPSA) is 49.3 Å². The lowest BCUT2D eigenvalue weighted by molar-refractivity contribution is -0.120. The SMILES string of the molecule is CCC(CC)C(=O)Nc1ccc(O)cc1. The van der Waals surface area contributed by atoms with Crippen molar-refractivity contribution in [3.63, 3.8) is 0 Å². The minimum absolute atomic E-state index is 0.0469. The summed E-state index contributed by atoms with van der Waals surface area (Å²) in [5.41, 5.74) is 0.727. The number of phenolic OH excluding ortho intramolecular Hbond substituents is 1. The van der Waals surface area contributed by atoms with Crippen LogP contribution in [-0.2, 0) is 4.79 Å². The summed E-state index contributed by atoms with van der Waals surface area (Å²) in [5.74, 6) is 0.319. The van der Waals surface area contributed by atoms with Crippen LogP contribution in [0.15, 0.2) is 24.3 Å². The number of nitrogens with one attached hydrogen (secondary N) is 1. The molecule has 1 amide bonds. The number of aromatic hydroxyl groups is 1. The summed E-state index contributed by atoms with van der Waals surface area (Å²) in [7, 11) is 0. The van der Waals surface area contributed by atoms with Crippen LogP contribution in [0.3, 0.4) is 0 Å². The number of carbonyl (C=O) groups excluding carboxylic acids is 1. The normalized spacial score (nSPS) is 10.3. The highest BCUT2D eigenvalue weighted by molar-refractivity contribution is 5.92. The average Bonchev–Trinajstić information content (AvgIpc) is 2.23. The molecule has 0 saturated heterocycles. The van der Waals surface area contributed by atoms with Crippen LogP contribution in [0.25, 0.3) is 0 Å². The summed E-state index contributed by atoms with van der Waals surface area (Å²) >= 11 is 0. The minimum Gasteiger partial charge on any atom is -0.508 e. The maximum absolute atomic E-state index is 11.7. The van der Waals surface area contributed by atoms with Crippen molar-refractivity contribution in [2.75, 3.05) is 5.32 Å². The van der Waals surface area contributed by atoms with Gasteiger partial charge in [-0.25, -0.2) is 0 Å². The molecule has 0 aromatic heterocycles. The van der Waals surface area contributed by atoms with Gasteiger partial charge in [0.05, 0.1) is 0 Å². The van der Waals surface area contributed by atoms with Crippen LogP contribution >= 0.6 is 0 Å². The second-order valence-corrected chi connectivity index (χ2v) is 3.55. The van der Waals surface area contributed by atoms with Crippen molar-refractivity contribution in [3.8, 4) is 5.75 Å². The number of hydrogen-bond acceptors (Lipinski definition) is 2. The molecule has 0 bridgehead atoms. The fourth-order valence-corrected chi connectivity index (χ4v) is 1.45. The Labute approximate surface area is 90.1 Å². The Bertz CT molecular complexity index is 315. The van der Waals surface area contributed by atoms with E-state index in [4.69, 9.17) is 5.11 Å². The maximum Gasteiger partial charge on any atom is 0.227 e. The van der Waals surface area contributed by atoms with E-state index in [1.54, 1.807) is 24.3 Å². The highest BCUT2D eigenvalue weighted by atomic mass is 16.3. The number of benzene rings is 1. The highest BCUT2D eigenvalue weighted by Crippen LogP contribution is 2.16. The van der Waals surface area contributed by atoms with E-state index < -0.39 is 0 Å². The van der Waals surface area contributed by atoms with E-state index >= 15 is 0 Å². The Hall–Kier alpha value is -1.51. The molecule has 1 rings (SSSR count). The maximum atomic E-state index is 11.7. The lowest BCUT2D eigenvalue weighted by atomic mass is 10.0. The monoisotopic (exact) mass is 207 g/mol. The van der Waals surface area contributed by atoms with Gasteiger partial charge in [0, 0.05) is 11.6 Å². The minimum atomic E-state index is 0.0469. The first kappa shape index (κ1) is 11.6. The number of anilines is 1. The van der Waals surface area contributed by atoms with Crippen molar-refractivity contribution in [1.29, 1.82) is 0 Å². The first-order chi connectivity index (χ1) is 7.17. The van der Waals surface area contributed by atoms with E-state index in [0.717, 1.165) is 18.5 Å². The molecule has 3 heteroatoms. The van der Waals surface area contributed by atoms with Crippen LogP contribution in [0.4, 0.5) is 5.69 Å². The van der Waals surface area contributed by atoms with Gasteiger partial charge < -0.3 is 10.4 Å². The molecule has 0 aliphatic carbocycles. The summed E-state index contributed by atoms with van der Waals surface area (Å²) in [4.78, 5) is 11.7. The van der Waals surface area contributed by atoms with E-state index in [9.17, 15) is 4.79 Å². The number of amides is 1. The molecule has 1 aromatic rings. The molecule has 0 saturated carbocycles. The standard InChI is InChI=1S/C12H17NO2/c1-3-9(4-2)12(15)13-10-5-7-11(14)8-6-10/h5-9,14H,3-4H2,1-2H3,(H,13,15). The van der Waals surface area contributed by atoms with Crippen LogP contribution in [0.5, 0.6) is 5.75 Å². The van der Waals surface area contributed by atoms with Crippen LogP contribution in [-0.4, -0.2) is 11.0 Å². The molecule has 0 radical (unpaired) electrons. The fraction of sp³-hybridized carbons (Fsp3) is 0.417. The number of phenols is 1. The van der Waals surface area contributed by atoms with E-state index in [1.165, 1.54) is 0 Å². The number of carbonyl (C=O) groups is 1. The van der Waals surface area contributed by atoms with Gasteiger partial charge in [0.25, 0.3) is 0 Å². The fourth-order valence-electron chi connectivity index (χ4n) is 1.45. The van der Waals surface area contributed by atoms with Gasteiger partial charge >= 0.3 is 0 Å². The van der Waals surface area contributed by atoms with Crippen molar-refractivity contribution in [1.82, 2.24) is 0 Å². The van der Waals surface area contributed by atoms with Crippen molar-refractivity contribution in [3.05, 3.63) is 24.3 Å². The highest BCUT2D eigenvalue weighted by Gasteiger charge is 2.13. The summed E-state index contributed by atoms with van der Waals surface area (Å²) < 4.78 is 0. The van der Waals surface area contributed by atoms with Gasteiger partial charge in [-0.2, -0.15) is 0 Å². The van der Waals surface area contributed by atoms with Crippen LogP contribution in [0, 0.1) is 5.92 Å². The first-order valence-corrected chi connectivity index (χ1v) is 5.27. The molecular weight excluding hydrogens is 190 g/mol. The van der Waals surface area contributed by atoms with Gasteiger partial charge in [-0.1, -0.05) is 13.8 Å². The molecule has 3 nitrogen and oxygen atoms in total. The third kappa shape index (κ3) is 3.27. The molecule has 1 aromatic carbocycles. The Balaban J connectivity index is 2.61. The zero-order valence-electron chi connectivity index (χ0n) is 9.16. The Kier molecular flexibility index (Phi) is 4.16. The Morgan fingerprint density at radius 1 is 1.27 bits per heavy atom. The molecule has 0 atom stereocenters. The van der Waals surface area contributed by atoms with E-state index in [-0.39, 0.29) is 17.6 Å².